The topological polar surface area (TPSA) is 207 Å². The van der Waals surface area contributed by atoms with Gasteiger partial charge in [-0.2, -0.15) is 16.8 Å². The molecule has 6 N–H and O–H groups in total. The van der Waals surface area contributed by atoms with Gasteiger partial charge < -0.3 is 20.4 Å². The third-order valence-corrected chi connectivity index (χ3v) is 5.49. The minimum Gasteiger partial charge on any atom is -0.507 e. The highest BCUT2D eigenvalue weighted by Crippen LogP contribution is 2.41. The molecular formula is C15H14O11S2. The third-order valence-electron chi connectivity index (χ3n) is 3.69. The Morgan fingerprint density at radius 3 is 1.96 bits per heavy atom. The lowest BCUT2D eigenvalue weighted by atomic mass is 10.0. The molecule has 0 heterocycles. The first-order valence-electron chi connectivity index (χ1n) is 7.31. The van der Waals surface area contributed by atoms with Gasteiger partial charge in [-0.25, -0.2) is 0 Å². The largest absolute Gasteiger partial charge is 0.507 e. The van der Waals surface area contributed by atoms with E-state index in [9.17, 15) is 42.1 Å². The van der Waals surface area contributed by atoms with Crippen molar-refractivity contribution in [2.75, 3.05) is 0 Å². The molecule has 0 spiro atoms. The predicted octanol–water partition coefficient (Wildman–Crippen LogP) is 0.818. The van der Waals surface area contributed by atoms with Crippen LogP contribution in [0.2, 0.25) is 0 Å². The molecule has 2 rings (SSSR count). The first-order chi connectivity index (χ1) is 12.7. The van der Waals surface area contributed by atoms with E-state index in [0.717, 1.165) is 12.1 Å². The van der Waals surface area contributed by atoms with Crippen LogP contribution in [0.4, 0.5) is 0 Å². The molecular weight excluding hydrogens is 420 g/mol. The minimum atomic E-state index is -5.12. The van der Waals surface area contributed by atoms with Gasteiger partial charge in [0, 0.05) is 12.5 Å². The quantitative estimate of drug-likeness (QED) is 0.277. The number of ketones is 1. The molecule has 0 saturated heterocycles. The fraction of sp³-hybridized carbons (Fsp3) is 0.133. The molecule has 0 fully saturated rings. The van der Waals surface area contributed by atoms with Crippen molar-refractivity contribution in [3.63, 3.8) is 0 Å². The van der Waals surface area contributed by atoms with Gasteiger partial charge in [-0.3, -0.25) is 13.9 Å². The zero-order valence-electron chi connectivity index (χ0n) is 13.8. The molecule has 2 aromatic rings. The summed E-state index contributed by atoms with van der Waals surface area (Å²) in [6.07, 6.45) is -0.672. The Kier molecular flexibility index (Phi) is 5.57. The first kappa shape index (κ1) is 21.4. The number of rotatable bonds is 6. The molecule has 13 heteroatoms. The van der Waals surface area contributed by atoms with Gasteiger partial charge in [0.2, 0.25) is 0 Å². The van der Waals surface area contributed by atoms with Crippen LogP contribution in [0.1, 0.15) is 22.3 Å². The molecule has 0 amide bonds. The highest BCUT2D eigenvalue weighted by Gasteiger charge is 2.29. The van der Waals surface area contributed by atoms with Crippen LogP contribution in [-0.4, -0.2) is 52.2 Å². The molecule has 0 aromatic heterocycles. The fourth-order valence-electron chi connectivity index (χ4n) is 2.46. The van der Waals surface area contributed by atoms with E-state index < -0.39 is 70.8 Å². The number of carbonyl (C=O) groups is 1. The summed E-state index contributed by atoms with van der Waals surface area (Å²) >= 11 is 0. The van der Waals surface area contributed by atoms with Crippen molar-refractivity contribution in [1.82, 2.24) is 0 Å². The number of hydrogen-bond acceptors (Lipinski definition) is 9. The Morgan fingerprint density at radius 1 is 0.821 bits per heavy atom. The number of phenols is 4. The molecule has 2 aromatic carbocycles. The zero-order valence-corrected chi connectivity index (χ0v) is 15.4. The summed E-state index contributed by atoms with van der Waals surface area (Å²) in [7, 11) is -9.84. The minimum absolute atomic E-state index is 0.173. The summed E-state index contributed by atoms with van der Waals surface area (Å²) in [5.74, 6) is -5.19. The Labute approximate surface area is 158 Å². The van der Waals surface area contributed by atoms with Gasteiger partial charge in [-0.1, -0.05) is 6.07 Å². The van der Waals surface area contributed by atoms with Crippen molar-refractivity contribution in [2.24, 2.45) is 0 Å². The van der Waals surface area contributed by atoms with Gasteiger partial charge in [-0.15, -0.1) is 0 Å². The van der Waals surface area contributed by atoms with Gasteiger partial charge in [-0.05, 0) is 24.1 Å². The average molecular weight is 434 g/mol. The fourth-order valence-corrected chi connectivity index (χ4v) is 3.76. The maximum atomic E-state index is 12.3. The summed E-state index contributed by atoms with van der Waals surface area (Å²) in [6.45, 7) is 0. The lowest BCUT2D eigenvalue weighted by molar-refractivity contribution is 0.0977. The van der Waals surface area contributed by atoms with E-state index in [4.69, 9.17) is 9.11 Å². The Bertz CT molecular complexity index is 1160. The van der Waals surface area contributed by atoms with Crippen molar-refractivity contribution in [1.29, 1.82) is 0 Å². The van der Waals surface area contributed by atoms with Gasteiger partial charge >= 0.3 is 10.1 Å². The maximum Gasteiger partial charge on any atom is 0.301 e. The van der Waals surface area contributed by atoms with E-state index in [1.54, 1.807) is 0 Å². The average Bonchev–Trinajstić information content (AvgIpc) is 2.50. The van der Waals surface area contributed by atoms with Crippen LogP contribution in [0.3, 0.4) is 0 Å². The van der Waals surface area contributed by atoms with E-state index in [2.05, 4.69) is 0 Å². The van der Waals surface area contributed by atoms with Gasteiger partial charge in [0.15, 0.2) is 16.4 Å². The number of aromatic hydroxyl groups is 4. The molecule has 0 saturated carbocycles. The van der Waals surface area contributed by atoms with Crippen LogP contribution in [0.5, 0.6) is 23.0 Å². The van der Waals surface area contributed by atoms with E-state index in [-0.39, 0.29) is 12.0 Å². The SMILES string of the molecule is O=C(CCc1ccc(O)c(S(=O)(=O)O)c1)c1c(O)cc(O)c(S(=O)(=O)O)c1O. The number of phenolic OH excluding ortho intramolecular Hbond substituents is 4. The number of hydrogen-bond donors (Lipinski definition) is 6. The summed E-state index contributed by atoms with van der Waals surface area (Å²) < 4.78 is 62.9. The normalized spacial score (nSPS) is 12.1. The Hall–Kier alpha value is -2.87. The van der Waals surface area contributed by atoms with Gasteiger partial charge in [0.05, 0.1) is 0 Å². The van der Waals surface area contributed by atoms with E-state index in [1.165, 1.54) is 6.07 Å². The van der Waals surface area contributed by atoms with Crippen LogP contribution in [0, 0.1) is 0 Å². The van der Waals surface area contributed by atoms with Gasteiger partial charge in [0.25, 0.3) is 10.1 Å². The third kappa shape index (κ3) is 4.33. The van der Waals surface area contributed by atoms with Crippen LogP contribution >= 0.6 is 0 Å². The number of carbonyl (C=O) groups excluding carboxylic acids is 1. The predicted molar refractivity (Wildman–Crippen MR) is 91.8 cm³/mol. The van der Waals surface area contributed by atoms with E-state index in [0.29, 0.717) is 6.07 Å². The second-order valence-corrected chi connectivity index (χ2v) is 8.39. The molecule has 0 aliphatic rings. The summed E-state index contributed by atoms with van der Waals surface area (Å²) in [4.78, 5) is 10.2. The van der Waals surface area contributed by atoms with Crippen LogP contribution in [0.25, 0.3) is 0 Å². The Morgan fingerprint density at radius 2 is 1.43 bits per heavy atom. The first-order valence-corrected chi connectivity index (χ1v) is 10.2. The van der Waals surface area contributed by atoms with Crippen molar-refractivity contribution in [3.05, 3.63) is 35.4 Å². The molecule has 0 atom stereocenters. The van der Waals surface area contributed by atoms with Crippen molar-refractivity contribution < 1.29 is 51.2 Å². The summed E-state index contributed by atoms with van der Waals surface area (Å²) in [5.41, 5.74) is -0.703. The van der Waals surface area contributed by atoms with Crippen LogP contribution in [-0.2, 0) is 26.7 Å². The second-order valence-electron chi connectivity index (χ2n) is 5.64. The highest BCUT2D eigenvalue weighted by atomic mass is 32.2. The Balaban J connectivity index is 2.38. The van der Waals surface area contributed by atoms with Gasteiger partial charge in [0.1, 0.15) is 27.7 Å². The number of benzene rings is 2. The van der Waals surface area contributed by atoms with Crippen molar-refractivity contribution in [3.8, 4) is 23.0 Å². The lowest BCUT2D eigenvalue weighted by Gasteiger charge is -2.11. The molecule has 152 valence electrons. The summed E-state index contributed by atoms with van der Waals surface area (Å²) in [5, 5.41) is 38.6. The molecule has 28 heavy (non-hydrogen) atoms. The van der Waals surface area contributed by atoms with E-state index >= 15 is 0 Å². The zero-order chi connectivity index (χ0) is 21.4. The monoisotopic (exact) mass is 434 g/mol. The molecule has 0 aliphatic carbocycles. The van der Waals surface area contributed by atoms with Crippen molar-refractivity contribution >= 4 is 26.0 Å². The van der Waals surface area contributed by atoms with Crippen LogP contribution in [0.15, 0.2) is 34.1 Å². The maximum absolute atomic E-state index is 12.3. The number of Topliss-reactive ketones (excluding diaryl/α,β-unsaturated/α-hetero) is 1. The molecule has 0 bridgehead atoms. The van der Waals surface area contributed by atoms with Crippen LogP contribution < -0.4 is 0 Å². The molecule has 11 nitrogen and oxygen atoms in total. The number of aryl methyl sites for hydroxylation is 1. The van der Waals surface area contributed by atoms with E-state index in [1.807, 2.05) is 0 Å². The summed E-state index contributed by atoms with van der Waals surface area (Å²) in [6, 6.07) is 3.57. The smallest absolute Gasteiger partial charge is 0.301 e. The molecule has 0 aliphatic heterocycles. The lowest BCUT2D eigenvalue weighted by Crippen LogP contribution is -2.07. The molecule has 0 unspecified atom stereocenters. The highest BCUT2D eigenvalue weighted by molar-refractivity contribution is 7.86. The standard InChI is InChI=1S/C15H14O11S2/c16-8-3-1-7(5-12(8)27(21,22)23)2-4-9(17)13-10(18)6-11(19)15(14(13)20)28(24,25)26/h1,3,5-6,16,18-20H,2,4H2,(H,21,22,23)(H,24,25,26). The molecule has 0 radical (unpaired) electrons. The second kappa shape index (κ2) is 7.27. The van der Waals surface area contributed by atoms with Crippen molar-refractivity contribution in [2.45, 2.75) is 22.6 Å².